The molecule has 4 nitrogen and oxygen atoms in total. The van der Waals surface area contributed by atoms with Crippen molar-refractivity contribution in [3.8, 4) is 0 Å². The second kappa shape index (κ2) is 7.83. The third kappa shape index (κ3) is 5.07. The molecule has 2 unspecified atom stereocenters. The monoisotopic (exact) mass is 391 g/mol. The Kier molecular flexibility index (Phi) is 8.31. The van der Waals surface area contributed by atoms with Crippen molar-refractivity contribution in [3.05, 3.63) is 0 Å². The highest BCUT2D eigenvalue weighted by atomic mass is 32.2. The fourth-order valence-corrected chi connectivity index (χ4v) is 1.41. The van der Waals surface area contributed by atoms with Gasteiger partial charge < -0.3 is 5.32 Å². The smallest absolute Gasteiger partial charge is 0.323 e. The van der Waals surface area contributed by atoms with E-state index in [9.17, 15) is 52.3 Å². The van der Waals surface area contributed by atoms with E-state index in [1.807, 2.05) is 14.1 Å². The molecule has 0 fully saturated rings. The van der Waals surface area contributed by atoms with Crippen LogP contribution in [-0.4, -0.2) is 62.9 Å². The fourth-order valence-electron chi connectivity index (χ4n) is 0.883. The number of nitrogens with one attached hydrogen (secondary N) is 1. The zero-order valence-electron chi connectivity index (χ0n) is 11.2. The van der Waals surface area contributed by atoms with Gasteiger partial charge in [-0.1, -0.05) is 0 Å². The molecule has 0 saturated heterocycles. The maximum atomic E-state index is 12.7. The maximum Gasteiger partial charge on any atom is 0.379 e. The Balaban J connectivity index is 0. The van der Waals surface area contributed by atoms with Crippen molar-refractivity contribution in [2.45, 2.75) is 35.9 Å². The van der Waals surface area contributed by atoms with Gasteiger partial charge in [-0.15, -0.1) is 0 Å². The molecule has 0 aromatic rings. The minimum Gasteiger partial charge on any atom is -0.323 e. The van der Waals surface area contributed by atoms with Crippen LogP contribution < -0.4 is 5.32 Å². The van der Waals surface area contributed by atoms with Crippen molar-refractivity contribution >= 4 is 10.1 Å². The molecule has 0 amide bonds. The summed E-state index contributed by atoms with van der Waals surface area (Å²) in [6.07, 6.45) is -9.97. The van der Waals surface area contributed by atoms with E-state index in [4.69, 9.17) is 4.55 Å². The van der Waals surface area contributed by atoms with Gasteiger partial charge in [0.15, 0.2) is 0 Å². The van der Waals surface area contributed by atoms with E-state index in [0.717, 1.165) is 0 Å². The number of hydrogen-bond donors (Lipinski definition) is 2. The molecule has 0 aliphatic rings. The Hall–Kier alpha value is -0.830. The summed E-state index contributed by atoms with van der Waals surface area (Å²) in [6.45, 7) is 0. The maximum absolute atomic E-state index is 12.7. The summed E-state index contributed by atoms with van der Waals surface area (Å²) in [6, 6.07) is 0. The number of alkyl halides is 10. The van der Waals surface area contributed by atoms with Crippen LogP contribution in [0.25, 0.3) is 0 Å². The van der Waals surface area contributed by atoms with Crippen LogP contribution in [0.15, 0.2) is 0 Å². The highest BCUT2D eigenvalue weighted by Crippen LogP contribution is 2.51. The molecule has 0 aromatic heterocycles. The van der Waals surface area contributed by atoms with Crippen LogP contribution in [0.2, 0.25) is 0 Å². The summed E-state index contributed by atoms with van der Waals surface area (Å²) in [4.78, 5) is 0. The minimum atomic E-state index is -7.16. The molecular formula is C8H11F10NO3S. The predicted octanol–water partition coefficient (Wildman–Crippen LogP) is 2.51. The first-order valence-electron chi connectivity index (χ1n) is 5.17. The third-order valence-corrected chi connectivity index (χ3v) is 2.77. The van der Waals surface area contributed by atoms with Gasteiger partial charge in [-0.25, -0.2) is 17.6 Å². The molecule has 0 aliphatic carbocycles. The van der Waals surface area contributed by atoms with Crippen molar-refractivity contribution < 1.29 is 56.9 Å². The highest BCUT2D eigenvalue weighted by Gasteiger charge is 2.80. The van der Waals surface area contributed by atoms with Gasteiger partial charge in [0.05, 0.1) is 0 Å². The van der Waals surface area contributed by atoms with Gasteiger partial charge in [-0.2, -0.15) is 34.8 Å². The van der Waals surface area contributed by atoms with E-state index in [-0.39, 0.29) is 0 Å². The van der Waals surface area contributed by atoms with Gasteiger partial charge in [0.2, 0.25) is 6.17 Å². The summed E-state index contributed by atoms with van der Waals surface area (Å²) >= 11 is 0. The Morgan fingerprint density at radius 2 is 1.17 bits per heavy atom. The number of halogens is 10. The van der Waals surface area contributed by atoms with Gasteiger partial charge in [0.25, 0.3) is 11.9 Å². The Bertz CT molecular complexity index is 469. The van der Waals surface area contributed by atoms with E-state index < -0.39 is 46.0 Å². The van der Waals surface area contributed by atoms with Gasteiger partial charge in [-0.05, 0) is 14.1 Å². The fraction of sp³-hybridized carbons (Fsp3) is 1.00. The third-order valence-electron chi connectivity index (χ3n) is 1.95. The van der Waals surface area contributed by atoms with Gasteiger partial charge in [0.1, 0.15) is 0 Å². The van der Waals surface area contributed by atoms with E-state index in [2.05, 4.69) is 5.32 Å². The lowest BCUT2D eigenvalue weighted by Gasteiger charge is -2.34. The number of hydrogen-bond acceptors (Lipinski definition) is 3. The molecule has 2 N–H and O–H groups in total. The van der Waals surface area contributed by atoms with Crippen LogP contribution in [-0.2, 0) is 10.1 Å². The molecule has 0 rings (SSSR count). The zero-order chi connectivity index (χ0) is 19.4. The van der Waals surface area contributed by atoms with Crippen LogP contribution >= 0.6 is 0 Å². The lowest BCUT2D eigenvalue weighted by atomic mass is 10.0. The molecule has 15 heteroatoms. The van der Waals surface area contributed by atoms with Crippen molar-refractivity contribution in [2.24, 2.45) is 0 Å². The first kappa shape index (κ1) is 24.4. The topological polar surface area (TPSA) is 66.4 Å². The quantitative estimate of drug-likeness (QED) is 0.540. The first-order valence-corrected chi connectivity index (χ1v) is 6.67. The largest absolute Gasteiger partial charge is 0.379 e. The van der Waals surface area contributed by atoms with Crippen LogP contribution in [0.3, 0.4) is 0 Å². The van der Waals surface area contributed by atoms with Crippen LogP contribution in [0.4, 0.5) is 43.9 Å². The summed E-state index contributed by atoms with van der Waals surface area (Å²) in [7, 11) is -2.84. The van der Waals surface area contributed by atoms with E-state index in [1.54, 1.807) is 0 Å². The molecule has 0 radical (unpaired) electrons. The lowest BCUT2D eigenvalue weighted by molar-refractivity contribution is -0.339. The SMILES string of the molecule is CNC.O=S(=O)(O)C(F)C(F)(F)C(F)(F)C(F)(F)C(F)C(F)F. The van der Waals surface area contributed by atoms with Crippen molar-refractivity contribution in [3.63, 3.8) is 0 Å². The molecule has 0 saturated carbocycles. The van der Waals surface area contributed by atoms with Gasteiger partial charge in [0, 0.05) is 0 Å². The Labute approximate surface area is 123 Å². The lowest BCUT2D eigenvalue weighted by Crippen LogP contribution is -2.63. The summed E-state index contributed by atoms with van der Waals surface area (Å²) in [5.41, 5.74) is -5.28. The normalized spacial score (nSPS) is 16.6. The van der Waals surface area contributed by atoms with Crippen LogP contribution in [0, 0.1) is 0 Å². The Morgan fingerprint density at radius 1 is 0.870 bits per heavy atom. The Morgan fingerprint density at radius 3 is 1.39 bits per heavy atom. The molecule has 0 bridgehead atoms. The van der Waals surface area contributed by atoms with E-state index in [0.29, 0.717) is 0 Å². The second-order valence-corrected chi connectivity index (χ2v) is 5.33. The van der Waals surface area contributed by atoms with Crippen molar-refractivity contribution in [1.29, 1.82) is 0 Å². The molecule has 0 spiro atoms. The summed E-state index contributed by atoms with van der Waals surface area (Å²) in [5, 5.41) is 2.75. The highest BCUT2D eigenvalue weighted by molar-refractivity contribution is 7.86. The average molecular weight is 391 g/mol. The van der Waals surface area contributed by atoms with E-state index >= 15 is 0 Å². The molecule has 0 heterocycles. The minimum absolute atomic E-state index is 1.88. The molecule has 0 aromatic carbocycles. The molecule has 23 heavy (non-hydrogen) atoms. The zero-order valence-corrected chi connectivity index (χ0v) is 12.0. The first-order chi connectivity index (χ1) is 9.92. The second-order valence-electron chi connectivity index (χ2n) is 3.89. The predicted molar refractivity (Wildman–Crippen MR) is 57.2 cm³/mol. The molecule has 142 valence electrons. The molecule has 2 atom stereocenters. The summed E-state index contributed by atoms with van der Waals surface area (Å²) < 4.78 is 151. The van der Waals surface area contributed by atoms with Crippen LogP contribution in [0.1, 0.15) is 0 Å². The van der Waals surface area contributed by atoms with Gasteiger partial charge in [-0.3, -0.25) is 4.55 Å². The van der Waals surface area contributed by atoms with E-state index in [1.165, 1.54) is 0 Å². The van der Waals surface area contributed by atoms with Crippen molar-refractivity contribution in [1.82, 2.24) is 5.32 Å². The number of rotatable bonds is 6. The molecular weight excluding hydrogens is 380 g/mol. The van der Waals surface area contributed by atoms with Crippen molar-refractivity contribution in [2.75, 3.05) is 14.1 Å². The summed E-state index contributed by atoms with van der Waals surface area (Å²) in [5.74, 6) is -20.8. The average Bonchev–Trinajstić information content (AvgIpc) is 2.35. The van der Waals surface area contributed by atoms with Crippen LogP contribution in [0.5, 0.6) is 0 Å². The molecule has 0 aliphatic heterocycles. The standard InChI is InChI=1S/C6H4F10O3S.C2H7N/c7-1(2(8)9)4(11,12)6(15,16)5(13,14)3(10)20(17,18)19;1-3-2/h1-3H,(H,17,18,19);3H,1-2H3. The van der Waals surface area contributed by atoms with Gasteiger partial charge >= 0.3 is 27.9 Å².